The Hall–Kier alpha value is -7.36. The molecule has 0 atom stereocenters. The molecule has 0 spiro atoms. The van der Waals surface area contributed by atoms with Gasteiger partial charge in [-0.1, -0.05) is 145 Å². The largest absolute Gasteiger partial charge is 0.456 e. The van der Waals surface area contributed by atoms with Crippen LogP contribution in [0.4, 0.5) is 17.1 Å². The lowest BCUT2D eigenvalue weighted by atomic mass is 9.97. The van der Waals surface area contributed by atoms with Gasteiger partial charge >= 0.3 is 0 Å². The number of benzene rings is 9. The Morgan fingerprint density at radius 3 is 1.84 bits per heavy atom. The molecule has 11 aromatic rings. The normalized spacial score (nSPS) is 15.7. The highest BCUT2D eigenvalue weighted by Gasteiger charge is 2.19. The molecule has 0 bridgehead atoms. The van der Waals surface area contributed by atoms with Crippen LogP contribution in [0.25, 0.3) is 88.0 Å². The first-order chi connectivity index (χ1) is 33.9. The second kappa shape index (κ2) is 12.6. The van der Waals surface area contributed by atoms with Gasteiger partial charge < -0.3 is 13.7 Å². The lowest BCUT2D eigenvalue weighted by Crippen LogP contribution is -2.11. The Bertz CT molecular complexity index is 4120. The van der Waals surface area contributed by atoms with Gasteiger partial charge in [-0.15, -0.1) is 0 Å². The lowest BCUT2D eigenvalue weighted by Gasteiger charge is -2.28. The van der Waals surface area contributed by atoms with Crippen molar-refractivity contribution in [3.05, 3.63) is 200 Å². The maximum atomic E-state index is 9.61. The molecule has 258 valence electrons. The summed E-state index contributed by atoms with van der Waals surface area (Å²) in [5.41, 5.74) is 3.92. The van der Waals surface area contributed by atoms with Crippen molar-refractivity contribution in [3.63, 3.8) is 0 Å². The minimum Gasteiger partial charge on any atom is -0.456 e. The van der Waals surface area contributed by atoms with Crippen molar-refractivity contribution >= 4 is 71.7 Å². The summed E-state index contributed by atoms with van der Waals surface area (Å²) in [4.78, 5) is 1.97. The predicted molar refractivity (Wildman–Crippen MR) is 229 cm³/mol. The van der Waals surface area contributed by atoms with E-state index >= 15 is 0 Å². The average Bonchev–Trinajstić information content (AvgIpc) is 3.98. The summed E-state index contributed by atoms with van der Waals surface area (Å²) in [6.45, 7) is 0. The van der Waals surface area contributed by atoms with E-state index in [0.29, 0.717) is 22.5 Å². The lowest BCUT2D eigenvalue weighted by molar-refractivity contribution is 0.669. The molecule has 0 saturated carbocycles. The molecule has 0 aliphatic rings. The average molecular weight is 720 g/mol. The third-order valence-corrected chi connectivity index (χ3v) is 9.69. The first-order valence-corrected chi connectivity index (χ1v) is 17.4. The second-order valence-corrected chi connectivity index (χ2v) is 12.8. The van der Waals surface area contributed by atoms with Crippen LogP contribution in [-0.4, -0.2) is 0 Å². The Labute approximate surface area is 340 Å². The fourth-order valence-electron chi connectivity index (χ4n) is 7.14. The molecule has 0 N–H and O–H groups in total. The summed E-state index contributed by atoms with van der Waals surface area (Å²) in [5, 5.41) is -0.423. The first kappa shape index (κ1) is 19.1. The topological polar surface area (TPSA) is 29.5 Å². The minimum absolute atomic E-state index is 0.00196. The van der Waals surface area contributed by atoms with Gasteiger partial charge in [-0.05, 0) is 87.5 Å². The molecule has 9 aromatic carbocycles. The molecule has 3 heteroatoms. The molecular weight excluding hydrogens is 671 g/mol. The van der Waals surface area contributed by atoms with Gasteiger partial charge in [0.05, 0.1) is 27.6 Å². The Morgan fingerprint density at radius 1 is 0.400 bits per heavy atom. The van der Waals surface area contributed by atoms with E-state index in [1.807, 2.05) is 59.5 Å². The molecular formula is C52H33NO2. The van der Waals surface area contributed by atoms with Gasteiger partial charge in [-0.25, -0.2) is 0 Å². The van der Waals surface area contributed by atoms with Crippen molar-refractivity contribution in [2.45, 2.75) is 0 Å². The Kier molecular flexibility index (Phi) is 4.39. The van der Waals surface area contributed by atoms with E-state index in [-0.39, 0.29) is 83.9 Å². The standard InChI is InChI=1S/C52H33NO2/c1-2-11-35(12-3-1)41-13-4-7-18-47(41)53(40-30-25-36(26-31-40)42-16-10-17-44-43-14-5-8-19-48(43)55-52(42)44)39-28-23-34(24-29-39)38-22-21-37-27-32-50-51(46(37)33-38)45-15-6-9-20-49(45)54-50/h1-33H/i5D,6D,8D,9D,10D,14D,15D,16D,17D,19D,20D,21D,22D,27D,32D,33D. The molecule has 0 saturated heterocycles. The van der Waals surface area contributed by atoms with Crippen LogP contribution in [-0.2, 0) is 0 Å². The van der Waals surface area contributed by atoms with E-state index in [1.54, 1.807) is 48.5 Å². The highest BCUT2D eigenvalue weighted by Crippen LogP contribution is 2.43. The van der Waals surface area contributed by atoms with Crippen LogP contribution in [0.15, 0.2) is 209 Å². The molecule has 2 heterocycles. The number of nitrogens with zero attached hydrogens (tertiary/aromatic N) is 1. The Morgan fingerprint density at radius 2 is 1.04 bits per heavy atom. The van der Waals surface area contributed by atoms with Crippen LogP contribution in [0, 0.1) is 0 Å². The SMILES string of the molecule is [2H]c1c([2H])c([2H])c2c(oc3c(-c4ccc(N(c5ccc(-c6c([2H])c([2H])c7c([2H])c([2H])c8oc9c([2H])c([2H])c([2H])c([2H])c9c8c7c6[2H])cc5)c5ccccc5-c5ccccc5)cc4)c([2H])c([2H])c([2H])c32)c1[2H]. The van der Waals surface area contributed by atoms with Crippen LogP contribution in [0.3, 0.4) is 0 Å². The smallest absolute Gasteiger partial charge is 0.143 e. The molecule has 55 heavy (non-hydrogen) atoms. The molecule has 0 radical (unpaired) electrons. The Balaban J connectivity index is 1.10. The zero-order valence-corrected chi connectivity index (χ0v) is 28.6. The van der Waals surface area contributed by atoms with E-state index in [4.69, 9.17) is 28.0 Å². The van der Waals surface area contributed by atoms with Crippen LogP contribution in [0.5, 0.6) is 0 Å². The summed E-state index contributed by atoms with van der Waals surface area (Å²) >= 11 is 0. The summed E-state index contributed by atoms with van der Waals surface area (Å²) in [6.07, 6.45) is 0. The van der Waals surface area contributed by atoms with Gasteiger partial charge in [-0.2, -0.15) is 0 Å². The van der Waals surface area contributed by atoms with Crippen LogP contribution in [0.1, 0.15) is 21.9 Å². The minimum atomic E-state index is -0.563. The molecule has 0 aliphatic carbocycles. The van der Waals surface area contributed by atoms with E-state index in [9.17, 15) is 2.74 Å². The molecule has 3 nitrogen and oxygen atoms in total. The maximum Gasteiger partial charge on any atom is 0.143 e. The van der Waals surface area contributed by atoms with Crippen molar-refractivity contribution in [1.29, 1.82) is 0 Å². The molecule has 11 rings (SSSR count). The fraction of sp³-hybridized carbons (Fsp3) is 0. The fourth-order valence-corrected chi connectivity index (χ4v) is 7.14. The molecule has 0 amide bonds. The highest BCUT2D eigenvalue weighted by atomic mass is 16.3. The zero-order valence-electron chi connectivity index (χ0n) is 44.6. The number of para-hydroxylation sites is 4. The van der Waals surface area contributed by atoms with E-state index in [1.165, 1.54) is 0 Å². The summed E-state index contributed by atoms with van der Waals surface area (Å²) in [6, 6.07) is 24.1. The molecule has 2 aromatic heterocycles. The van der Waals surface area contributed by atoms with E-state index in [0.717, 1.165) is 16.8 Å². The monoisotopic (exact) mass is 719 g/mol. The van der Waals surface area contributed by atoms with Crippen LogP contribution in [0.2, 0.25) is 0 Å². The van der Waals surface area contributed by atoms with E-state index in [2.05, 4.69) is 0 Å². The van der Waals surface area contributed by atoms with Gasteiger partial charge in [0, 0.05) is 44.0 Å². The third-order valence-electron chi connectivity index (χ3n) is 9.69. The van der Waals surface area contributed by atoms with Gasteiger partial charge in [0.25, 0.3) is 0 Å². The van der Waals surface area contributed by atoms with Crippen LogP contribution >= 0.6 is 0 Å². The highest BCUT2D eigenvalue weighted by molar-refractivity contribution is 6.19. The quantitative estimate of drug-likeness (QED) is 0.171. The van der Waals surface area contributed by atoms with Gasteiger partial charge in [0.1, 0.15) is 22.3 Å². The second-order valence-electron chi connectivity index (χ2n) is 12.8. The molecule has 0 fully saturated rings. The van der Waals surface area contributed by atoms with Crippen LogP contribution < -0.4 is 4.90 Å². The maximum absolute atomic E-state index is 9.61. The first-order valence-electron chi connectivity index (χ1n) is 25.4. The van der Waals surface area contributed by atoms with Gasteiger partial charge in [0.15, 0.2) is 0 Å². The number of hydrogen-bond acceptors (Lipinski definition) is 3. The summed E-state index contributed by atoms with van der Waals surface area (Å²) in [7, 11) is 0. The van der Waals surface area contributed by atoms with Crippen molar-refractivity contribution in [2.75, 3.05) is 4.90 Å². The van der Waals surface area contributed by atoms with E-state index < -0.39 is 78.6 Å². The van der Waals surface area contributed by atoms with Crippen molar-refractivity contribution in [2.24, 2.45) is 0 Å². The van der Waals surface area contributed by atoms with Crippen molar-refractivity contribution in [3.8, 4) is 33.4 Å². The molecule has 0 unspecified atom stereocenters. The molecule has 0 aliphatic heterocycles. The van der Waals surface area contributed by atoms with Crippen molar-refractivity contribution in [1.82, 2.24) is 0 Å². The van der Waals surface area contributed by atoms with Gasteiger partial charge in [-0.3, -0.25) is 0 Å². The third kappa shape index (κ3) is 5.20. The summed E-state index contributed by atoms with van der Waals surface area (Å²) < 4.78 is 152. The number of furan rings is 2. The predicted octanol–water partition coefficient (Wildman–Crippen LogP) is 15.1. The number of anilines is 3. The van der Waals surface area contributed by atoms with Gasteiger partial charge in [0.2, 0.25) is 0 Å². The van der Waals surface area contributed by atoms with Crippen molar-refractivity contribution < 1.29 is 30.8 Å². The number of rotatable bonds is 6. The zero-order chi connectivity index (χ0) is 50.2. The summed E-state index contributed by atoms with van der Waals surface area (Å²) in [5.74, 6) is 0. The number of fused-ring (bicyclic) bond motifs is 8. The number of hydrogen-bond donors (Lipinski definition) is 0.